The molecule has 0 radical (unpaired) electrons. The van der Waals surface area contributed by atoms with Crippen LogP contribution in [0.25, 0.3) is 0 Å². The Morgan fingerprint density at radius 3 is 2.31 bits per heavy atom. The molecule has 0 aliphatic carbocycles. The summed E-state index contributed by atoms with van der Waals surface area (Å²) < 4.78 is 52.0. The lowest BCUT2D eigenvalue weighted by atomic mass is 9.85. The number of carbonyl (C=O) groups excluding carboxylic acids is 1. The molecule has 4 N–H and O–H groups in total. The van der Waals surface area contributed by atoms with Crippen LogP contribution in [0.5, 0.6) is 0 Å². The summed E-state index contributed by atoms with van der Waals surface area (Å²) in [5, 5.41) is 29.9. The topological polar surface area (TPSA) is 189 Å². The van der Waals surface area contributed by atoms with Crippen LogP contribution in [0.2, 0.25) is 0 Å². The van der Waals surface area contributed by atoms with Crippen LogP contribution in [0.15, 0.2) is 11.6 Å². The van der Waals surface area contributed by atoms with E-state index in [2.05, 4.69) is 4.18 Å². The van der Waals surface area contributed by atoms with E-state index in [-0.39, 0.29) is 43.5 Å². The third-order valence-electron chi connectivity index (χ3n) is 7.34. The second-order valence-electron chi connectivity index (χ2n) is 10.7. The van der Waals surface area contributed by atoms with Gasteiger partial charge in [-0.25, -0.2) is 8.98 Å². The normalized spacial score (nSPS) is 29.0. The zero-order valence-electron chi connectivity index (χ0n) is 22.9. The Morgan fingerprint density at radius 1 is 1.03 bits per heavy atom. The number of ether oxygens (including phenoxy) is 3. The van der Waals surface area contributed by atoms with Gasteiger partial charge in [0, 0.05) is 24.3 Å². The molecule has 2 fully saturated rings. The molecule has 0 aromatic heterocycles. The number of aliphatic carboxylic acids is 1. The highest BCUT2D eigenvalue weighted by Gasteiger charge is 2.49. The van der Waals surface area contributed by atoms with Crippen molar-refractivity contribution in [3.63, 3.8) is 0 Å². The number of esters is 1. The number of aliphatic hydroxyl groups excluding tert-OH is 2. The number of carboxylic acids is 1. The molecule has 13 heteroatoms. The fraction of sp³-hybridized carbons (Fsp3) is 0.846. The lowest BCUT2D eigenvalue weighted by Crippen LogP contribution is -2.50. The summed E-state index contributed by atoms with van der Waals surface area (Å²) in [5.41, 5.74) is 0.653. The van der Waals surface area contributed by atoms with Crippen LogP contribution in [0.1, 0.15) is 78.6 Å². The Bertz CT molecular complexity index is 920. The minimum atomic E-state index is -4.57. The van der Waals surface area contributed by atoms with Gasteiger partial charge in [-0.15, -0.1) is 0 Å². The average Bonchev–Trinajstić information content (AvgIpc) is 3.60. The molecular weight excluding hydrogens is 536 g/mol. The predicted molar refractivity (Wildman–Crippen MR) is 139 cm³/mol. The molecule has 39 heavy (non-hydrogen) atoms. The van der Waals surface area contributed by atoms with E-state index >= 15 is 0 Å². The van der Waals surface area contributed by atoms with Crippen molar-refractivity contribution in [3.05, 3.63) is 11.6 Å². The third kappa shape index (κ3) is 12.6. The van der Waals surface area contributed by atoms with Crippen LogP contribution in [0.4, 0.5) is 0 Å². The quantitative estimate of drug-likeness (QED) is 0.0610. The lowest BCUT2D eigenvalue weighted by molar-refractivity contribution is -0.165. The maximum atomic E-state index is 12.1. The van der Waals surface area contributed by atoms with E-state index in [1.54, 1.807) is 13.8 Å². The maximum Gasteiger partial charge on any atom is 0.397 e. The van der Waals surface area contributed by atoms with Crippen molar-refractivity contribution in [2.75, 3.05) is 13.2 Å². The highest BCUT2D eigenvalue weighted by Crippen LogP contribution is 2.39. The van der Waals surface area contributed by atoms with Gasteiger partial charge in [0.05, 0.1) is 43.7 Å². The van der Waals surface area contributed by atoms with E-state index in [1.165, 1.54) is 13.0 Å². The van der Waals surface area contributed by atoms with Crippen molar-refractivity contribution in [3.8, 4) is 0 Å². The third-order valence-corrected chi connectivity index (χ3v) is 7.89. The van der Waals surface area contributed by atoms with Crippen LogP contribution in [0, 0.1) is 11.8 Å². The van der Waals surface area contributed by atoms with Crippen molar-refractivity contribution in [1.29, 1.82) is 0 Å². The first-order valence-corrected chi connectivity index (χ1v) is 15.0. The summed E-state index contributed by atoms with van der Waals surface area (Å²) in [4.78, 5) is 22.6. The molecule has 2 heterocycles. The van der Waals surface area contributed by atoms with Crippen molar-refractivity contribution in [1.82, 2.24) is 0 Å². The Labute approximate surface area is 230 Å². The van der Waals surface area contributed by atoms with Crippen LogP contribution < -0.4 is 0 Å². The summed E-state index contributed by atoms with van der Waals surface area (Å²) in [6, 6.07) is 0. The van der Waals surface area contributed by atoms with Gasteiger partial charge in [0.2, 0.25) is 0 Å². The van der Waals surface area contributed by atoms with Gasteiger partial charge in [-0.1, -0.05) is 38.2 Å². The largest absolute Gasteiger partial charge is 0.481 e. The Morgan fingerprint density at radius 2 is 1.67 bits per heavy atom. The molecule has 0 spiro atoms. The molecule has 2 rings (SSSR count). The highest BCUT2D eigenvalue weighted by molar-refractivity contribution is 7.80. The molecule has 0 saturated carbocycles. The minimum absolute atomic E-state index is 0.189. The van der Waals surface area contributed by atoms with E-state index in [0.717, 1.165) is 32.1 Å². The fourth-order valence-corrected chi connectivity index (χ4v) is 5.42. The van der Waals surface area contributed by atoms with Crippen LogP contribution in [0.3, 0.4) is 0 Å². The van der Waals surface area contributed by atoms with E-state index in [0.29, 0.717) is 25.0 Å². The molecule has 2 aliphatic rings. The molecule has 0 bridgehead atoms. The Balaban J connectivity index is 1.66. The van der Waals surface area contributed by atoms with Crippen molar-refractivity contribution in [2.45, 2.75) is 115 Å². The smallest absolute Gasteiger partial charge is 0.397 e. The standard InChI is InChI=1S/C26H44O12S/c1-16(13-23(29)35-11-9-7-5-4-6-8-10-22(27)28)12-20-25(31)24(30)19(15-36-20)14-21-26(37-21)17(2)18(3)38-39(32,33)34/h13,17-21,24-26,30-31H,4-12,14-15H2,1-3H3,(H,27,28)(H,32,33,34)/b16-13+/t17-,18-,19-,20-,21-,24+,25-,26-/m0/s1. The molecule has 12 nitrogen and oxygen atoms in total. The van der Waals surface area contributed by atoms with Crippen molar-refractivity contribution < 1.29 is 56.3 Å². The molecule has 2 saturated heterocycles. The van der Waals surface area contributed by atoms with E-state index in [1.807, 2.05) is 0 Å². The highest BCUT2D eigenvalue weighted by atomic mass is 32.3. The van der Waals surface area contributed by atoms with Crippen molar-refractivity contribution >= 4 is 22.3 Å². The van der Waals surface area contributed by atoms with Crippen LogP contribution in [-0.2, 0) is 38.4 Å². The summed E-state index contributed by atoms with van der Waals surface area (Å²) >= 11 is 0. The van der Waals surface area contributed by atoms with Crippen LogP contribution >= 0.6 is 0 Å². The zero-order chi connectivity index (χ0) is 29.2. The molecule has 0 unspecified atom stereocenters. The minimum Gasteiger partial charge on any atom is -0.481 e. The average molecular weight is 581 g/mol. The van der Waals surface area contributed by atoms with Crippen LogP contribution in [-0.4, -0.2) is 90.1 Å². The van der Waals surface area contributed by atoms with Gasteiger partial charge >= 0.3 is 22.3 Å². The first-order chi connectivity index (χ1) is 18.3. The van der Waals surface area contributed by atoms with Gasteiger partial charge in [0.1, 0.15) is 6.10 Å². The van der Waals surface area contributed by atoms with E-state index < -0.39 is 46.8 Å². The molecule has 0 aromatic carbocycles. The number of hydrogen-bond acceptors (Lipinski definition) is 10. The maximum absolute atomic E-state index is 12.1. The zero-order valence-corrected chi connectivity index (χ0v) is 23.8. The van der Waals surface area contributed by atoms with Gasteiger partial charge in [0.25, 0.3) is 0 Å². The van der Waals surface area contributed by atoms with Gasteiger partial charge in [0.15, 0.2) is 0 Å². The van der Waals surface area contributed by atoms with E-state index in [9.17, 15) is 28.2 Å². The number of unbranched alkanes of at least 4 members (excludes halogenated alkanes) is 5. The number of hydrogen-bond donors (Lipinski definition) is 4. The number of aliphatic hydroxyl groups is 2. The summed E-state index contributed by atoms with van der Waals surface area (Å²) in [7, 11) is -4.57. The van der Waals surface area contributed by atoms with E-state index in [4.69, 9.17) is 23.9 Å². The monoisotopic (exact) mass is 580 g/mol. The first kappa shape index (κ1) is 33.6. The fourth-order valence-electron chi connectivity index (χ4n) is 4.86. The summed E-state index contributed by atoms with van der Waals surface area (Å²) in [6.07, 6.45) is 3.06. The van der Waals surface area contributed by atoms with Gasteiger partial charge in [-0.2, -0.15) is 8.42 Å². The number of epoxide rings is 1. The molecule has 0 amide bonds. The summed E-state index contributed by atoms with van der Waals surface area (Å²) in [5.74, 6) is -1.96. The second-order valence-corrected chi connectivity index (χ2v) is 11.8. The number of rotatable bonds is 18. The number of carbonyl (C=O) groups is 2. The molecular formula is C26H44O12S. The Kier molecular flexibility index (Phi) is 13.8. The molecule has 8 atom stereocenters. The molecule has 0 aromatic rings. The SMILES string of the molecule is C/C(=C\C(=O)OCCCCCCCCC(=O)O)C[C@@H]1OC[C@H](C[C@@H]2O[C@H]2[C@@H](C)[C@H](C)OS(=O)(=O)O)[C@@H](O)[C@H]1O. The van der Waals surface area contributed by atoms with Crippen molar-refractivity contribution in [2.24, 2.45) is 11.8 Å². The second kappa shape index (κ2) is 16.0. The Hall–Kier alpha value is -1.61. The lowest BCUT2D eigenvalue weighted by Gasteiger charge is -2.38. The predicted octanol–water partition coefficient (Wildman–Crippen LogP) is 2.42. The number of carboxylic acid groups (broad SMARTS) is 1. The van der Waals surface area contributed by atoms with Gasteiger partial charge in [-0.05, 0) is 39.5 Å². The van der Waals surface area contributed by atoms with Gasteiger partial charge < -0.3 is 29.5 Å². The summed E-state index contributed by atoms with van der Waals surface area (Å²) in [6.45, 7) is 5.48. The molecule has 226 valence electrons. The molecule has 2 aliphatic heterocycles. The van der Waals surface area contributed by atoms with Gasteiger partial charge in [-0.3, -0.25) is 9.35 Å². The first-order valence-electron chi connectivity index (χ1n) is 13.6.